The average Bonchev–Trinajstić information content (AvgIpc) is 3.06. The van der Waals surface area contributed by atoms with Gasteiger partial charge in [0.2, 0.25) is 0 Å². The number of halogens is 1. The van der Waals surface area contributed by atoms with E-state index in [1.165, 1.54) is 29.2 Å². The zero-order valence-electron chi connectivity index (χ0n) is 11.6. The van der Waals surface area contributed by atoms with Crippen molar-refractivity contribution in [2.75, 3.05) is 11.5 Å². The van der Waals surface area contributed by atoms with Crippen LogP contribution in [0.5, 0.6) is 0 Å². The van der Waals surface area contributed by atoms with E-state index in [0.717, 1.165) is 0 Å². The minimum absolute atomic E-state index is 0.0230. The Balaban J connectivity index is 1.71. The number of hydrogen-bond acceptors (Lipinski definition) is 4. The van der Waals surface area contributed by atoms with Crippen LogP contribution >= 0.6 is 0 Å². The van der Waals surface area contributed by atoms with Crippen LogP contribution in [-0.2, 0) is 9.84 Å². The second-order valence-corrected chi connectivity index (χ2v) is 7.45. The molecule has 22 heavy (non-hydrogen) atoms. The minimum Gasteiger partial charge on any atom is -0.348 e. The van der Waals surface area contributed by atoms with Crippen molar-refractivity contribution >= 4 is 15.7 Å². The largest absolute Gasteiger partial charge is 0.348 e. The van der Waals surface area contributed by atoms with Crippen LogP contribution in [0, 0.1) is 5.82 Å². The van der Waals surface area contributed by atoms with Crippen molar-refractivity contribution in [3.63, 3.8) is 0 Å². The molecular weight excluding hydrogens is 309 g/mol. The van der Waals surface area contributed by atoms with Gasteiger partial charge in [-0.15, -0.1) is 0 Å². The maximum atomic E-state index is 12.9. The Morgan fingerprint density at radius 3 is 2.68 bits per heavy atom. The molecule has 0 bridgehead atoms. The first-order valence-electron chi connectivity index (χ1n) is 6.75. The molecule has 0 saturated carbocycles. The van der Waals surface area contributed by atoms with E-state index >= 15 is 0 Å². The maximum Gasteiger partial charge on any atom is 0.254 e. The molecule has 0 radical (unpaired) electrons. The fraction of sp³-hybridized carbons (Fsp3) is 0.286. The van der Waals surface area contributed by atoms with Crippen LogP contribution in [0.4, 0.5) is 4.39 Å². The van der Waals surface area contributed by atoms with Crippen LogP contribution in [0.25, 0.3) is 5.69 Å². The van der Waals surface area contributed by atoms with Gasteiger partial charge in [-0.2, -0.15) is 5.10 Å². The molecule has 2 aromatic rings. The quantitative estimate of drug-likeness (QED) is 0.911. The summed E-state index contributed by atoms with van der Waals surface area (Å²) in [6.07, 6.45) is 3.34. The SMILES string of the molecule is O=C(NC1CCS(=O)(=O)C1)c1cnn(-c2ccc(F)cc2)c1. The second-order valence-electron chi connectivity index (χ2n) is 5.22. The molecular formula is C14H14FN3O3S. The molecule has 3 rings (SSSR count). The molecule has 1 atom stereocenters. The maximum absolute atomic E-state index is 12.9. The third-order valence-corrected chi connectivity index (χ3v) is 5.27. The van der Waals surface area contributed by atoms with Crippen LogP contribution < -0.4 is 5.32 Å². The molecule has 2 heterocycles. The van der Waals surface area contributed by atoms with Gasteiger partial charge < -0.3 is 5.32 Å². The molecule has 8 heteroatoms. The molecule has 0 aliphatic carbocycles. The van der Waals surface area contributed by atoms with E-state index < -0.39 is 9.84 Å². The molecule has 1 saturated heterocycles. The van der Waals surface area contributed by atoms with Gasteiger partial charge >= 0.3 is 0 Å². The van der Waals surface area contributed by atoms with E-state index in [-0.39, 0.29) is 29.3 Å². The summed E-state index contributed by atoms with van der Waals surface area (Å²) in [5.74, 6) is -0.635. The van der Waals surface area contributed by atoms with Gasteiger partial charge in [0.15, 0.2) is 9.84 Å². The molecule has 1 fully saturated rings. The third-order valence-electron chi connectivity index (χ3n) is 3.50. The highest BCUT2D eigenvalue weighted by atomic mass is 32.2. The van der Waals surface area contributed by atoms with Gasteiger partial charge in [-0.05, 0) is 30.7 Å². The number of aromatic nitrogens is 2. The van der Waals surface area contributed by atoms with Crippen LogP contribution in [0.15, 0.2) is 36.7 Å². The first kappa shape index (κ1) is 14.7. The van der Waals surface area contributed by atoms with E-state index in [1.807, 2.05) is 0 Å². The van der Waals surface area contributed by atoms with Gasteiger partial charge in [0.05, 0.1) is 29.0 Å². The summed E-state index contributed by atoms with van der Waals surface area (Å²) in [6, 6.07) is 5.35. The average molecular weight is 323 g/mol. The first-order valence-corrected chi connectivity index (χ1v) is 8.57. The highest BCUT2D eigenvalue weighted by Gasteiger charge is 2.29. The van der Waals surface area contributed by atoms with E-state index in [9.17, 15) is 17.6 Å². The van der Waals surface area contributed by atoms with Crippen molar-refractivity contribution in [3.05, 3.63) is 48.0 Å². The third kappa shape index (κ3) is 3.16. The number of amides is 1. The zero-order valence-corrected chi connectivity index (χ0v) is 12.4. The van der Waals surface area contributed by atoms with Crippen molar-refractivity contribution in [2.24, 2.45) is 0 Å². The molecule has 1 aliphatic heterocycles. The summed E-state index contributed by atoms with van der Waals surface area (Å²) in [6.45, 7) is 0. The van der Waals surface area contributed by atoms with Crippen LogP contribution in [0.1, 0.15) is 16.8 Å². The lowest BCUT2D eigenvalue weighted by Crippen LogP contribution is -2.35. The molecule has 1 aromatic carbocycles. The number of hydrogen-bond donors (Lipinski definition) is 1. The van der Waals surface area contributed by atoms with Gasteiger partial charge in [0, 0.05) is 12.2 Å². The summed E-state index contributed by atoms with van der Waals surface area (Å²) >= 11 is 0. The number of rotatable bonds is 3. The lowest BCUT2D eigenvalue weighted by atomic mass is 10.2. The first-order chi connectivity index (χ1) is 10.4. The molecule has 116 valence electrons. The predicted molar refractivity (Wildman–Crippen MR) is 78.0 cm³/mol. The molecule has 1 amide bonds. The number of carbonyl (C=O) groups is 1. The summed E-state index contributed by atoms with van der Waals surface area (Å²) in [5.41, 5.74) is 0.956. The fourth-order valence-corrected chi connectivity index (χ4v) is 4.03. The summed E-state index contributed by atoms with van der Waals surface area (Å²) in [7, 11) is -3.04. The lowest BCUT2D eigenvalue weighted by molar-refractivity contribution is 0.0941. The minimum atomic E-state index is -3.04. The number of nitrogens with one attached hydrogen (secondary N) is 1. The number of carbonyl (C=O) groups excluding carboxylic acids is 1. The predicted octanol–water partition coefficient (Wildman–Crippen LogP) is 0.928. The summed E-state index contributed by atoms with van der Waals surface area (Å²) < 4.78 is 37.1. The van der Waals surface area contributed by atoms with Crippen molar-refractivity contribution < 1.29 is 17.6 Å². The Morgan fingerprint density at radius 1 is 1.32 bits per heavy atom. The Morgan fingerprint density at radius 2 is 2.05 bits per heavy atom. The monoisotopic (exact) mass is 323 g/mol. The van der Waals surface area contributed by atoms with Crippen LogP contribution in [0.3, 0.4) is 0 Å². The molecule has 1 aromatic heterocycles. The molecule has 0 spiro atoms. The van der Waals surface area contributed by atoms with Crippen molar-refractivity contribution in [2.45, 2.75) is 12.5 Å². The van der Waals surface area contributed by atoms with Crippen molar-refractivity contribution in [1.29, 1.82) is 0 Å². The highest BCUT2D eigenvalue weighted by Crippen LogP contribution is 2.13. The van der Waals surface area contributed by atoms with E-state index in [1.54, 1.807) is 12.1 Å². The van der Waals surface area contributed by atoms with E-state index in [0.29, 0.717) is 17.7 Å². The van der Waals surface area contributed by atoms with Crippen LogP contribution in [0.2, 0.25) is 0 Å². The zero-order chi connectivity index (χ0) is 15.7. The standard InChI is InChI=1S/C14H14FN3O3S/c15-11-1-3-13(4-2-11)18-8-10(7-16-18)14(19)17-12-5-6-22(20,21)9-12/h1-4,7-8,12H,5-6,9H2,(H,17,19). The Kier molecular flexibility index (Phi) is 3.69. The number of benzene rings is 1. The van der Waals surface area contributed by atoms with E-state index in [2.05, 4.69) is 10.4 Å². The Labute approximate surface area is 126 Å². The van der Waals surface area contributed by atoms with Crippen molar-refractivity contribution in [1.82, 2.24) is 15.1 Å². The summed E-state index contributed by atoms with van der Waals surface area (Å²) in [5, 5.41) is 6.75. The van der Waals surface area contributed by atoms with E-state index in [4.69, 9.17) is 0 Å². The van der Waals surface area contributed by atoms with Gasteiger partial charge in [-0.3, -0.25) is 4.79 Å². The van der Waals surface area contributed by atoms with Gasteiger partial charge in [0.1, 0.15) is 5.82 Å². The Bertz CT molecular complexity index is 799. The highest BCUT2D eigenvalue weighted by molar-refractivity contribution is 7.91. The Hall–Kier alpha value is -2.22. The topological polar surface area (TPSA) is 81.1 Å². The van der Waals surface area contributed by atoms with Crippen molar-refractivity contribution in [3.8, 4) is 5.69 Å². The van der Waals surface area contributed by atoms with Gasteiger partial charge in [0.25, 0.3) is 5.91 Å². The molecule has 1 N–H and O–H groups in total. The normalized spacial score (nSPS) is 20.0. The second kappa shape index (κ2) is 5.53. The van der Waals surface area contributed by atoms with Gasteiger partial charge in [-0.25, -0.2) is 17.5 Å². The molecule has 1 unspecified atom stereocenters. The van der Waals surface area contributed by atoms with Gasteiger partial charge in [-0.1, -0.05) is 0 Å². The molecule has 1 aliphatic rings. The summed E-state index contributed by atoms with van der Waals surface area (Å²) in [4.78, 5) is 12.1. The number of nitrogens with zero attached hydrogens (tertiary/aromatic N) is 2. The smallest absolute Gasteiger partial charge is 0.254 e. The number of sulfone groups is 1. The lowest BCUT2D eigenvalue weighted by Gasteiger charge is -2.09. The molecule has 6 nitrogen and oxygen atoms in total. The fourth-order valence-electron chi connectivity index (χ4n) is 2.35. The van der Waals surface area contributed by atoms with Crippen LogP contribution in [-0.4, -0.2) is 41.7 Å².